The first-order valence-electron chi connectivity index (χ1n) is 9.86. The quantitative estimate of drug-likeness (QED) is 0.530. The lowest BCUT2D eigenvalue weighted by Gasteiger charge is -2.36. The largest absolute Gasteiger partial charge is 0.390 e. The predicted molar refractivity (Wildman–Crippen MR) is 113 cm³/mol. The minimum atomic E-state index is -0.322. The molecule has 0 bridgehead atoms. The summed E-state index contributed by atoms with van der Waals surface area (Å²) in [6, 6.07) is 7.93. The molecule has 31 heavy (non-hydrogen) atoms. The van der Waals surface area contributed by atoms with Gasteiger partial charge in [-0.1, -0.05) is 11.6 Å². The molecule has 0 spiro atoms. The number of β-amino-alcohol motifs (C(OH)–C–C–N with tert-alkyl or cyclic N) is 1. The molecule has 156 valence electrons. The molecule has 0 atom stereocenters. The zero-order valence-electron chi connectivity index (χ0n) is 16.4. The third kappa shape index (κ3) is 3.84. The van der Waals surface area contributed by atoms with E-state index in [2.05, 4.69) is 37.8 Å². The summed E-state index contributed by atoms with van der Waals surface area (Å²) in [6.45, 7) is 1.67. The fourth-order valence-electron chi connectivity index (χ4n) is 3.52. The van der Waals surface area contributed by atoms with E-state index in [0.717, 1.165) is 18.4 Å². The lowest BCUT2D eigenvalue weighted by molar-refractivity contribution is -0.00284. The van der Waals surface area contributed by atoms with Crippen molar-refractivity contribution in [3.05, 3.63) is 40.2 Å². The number of aliphatic hydroxyl groups is 1. The van der Waals surface area contributed by atoms with Gasteiger partial charge in [0.2, 0.25) is 5.95 Å². The van der Waals surface area contributed by atoms with Crippen LogP contribution in [-0.4, -0.2) is 54.8 Å². The van der Waals surface area contributed by atoms with E-state index < -0.39 is 0 Å². The normalized spacial score (nSPS) is 16.5. The fraction of sp³-hybridized carbons (Fsp3) is 0.350. The first-order chi connectivity index (χ1) is 15.0. The smallest absolute Gasteiger partial charge is 0.247 e. The number of rotatable bonds is 6. The van der Waals surface area contributed by atoms with Crippen molar-refractivity contribution in [3.63, 3.8) is 0 Å². The van der Waals surface area contributed by atoms with Gasteiger partial charge in [-0.15, -0.1) is 5.10 Å². The zero-order valence-corrected chi connectivity index (χ0v) is 17.1. The van der Waals surface area contributed by atoms with E-state index in [-0.39, 0.29) is 17.7 Å². The van der Waals surface area contributed by atoms with Crippen LogP contribution < -0.4 is 10.6 Å². The van der Waals surface area contributed by atoms with Gasteiger partial charge in [0.1, 0.15) is 6.07 Å². The Labute approximate surface area is 182 Å². The number of nitrogens with one attached hydrogen (secondary N) is 2. The molecule has 2 fully saturated rings. The van der Waals surface area contributed by atoms with Crippen LogP contribution >= 0.6 is 11.6 Å². The summed E-state index contributed by atoms with van der Waals surface area (Å²) in [5.74, 6) is 0.760. The van der Waals surface area contributed by atoms with Gasteiger partial charge in [0.05, 0.1) is 34.6 Å². The molecule has 10 nitrogen and oxygen atoms in total. The van der Waals surface area contributed by atoms with Gasteiger partial charge in [-0.25, -0.2) is 4.98 Å². The molecule has 2 aliphatic rings. The summed E-state index contributed by atoms with van der Waals surface area (Å²) < 4.78 is 1.43. The average Bonchev–Trinajstić information content (AvgIpc) is 3.45. The third-order valence-electron chi connectivity index (χ3n) is 5.25. The van der Waals surface area contributed by atoms with E-state index in [1.165, 1.54) is 10.7 Å². The van der Waals surface area contributed by atoms with E-state index in [1.54, 1.807) is 12.1 Å². The number of hydrogen-bond acceptors (Lipinski definition) is 9. The van der Waals surface area contributed by atoms with Gasteiger partial charge in [0.15, 0.2) is 17.2 Å². The van der Waals surface area contributed by atoms with E-state index in [0.29, 0.717) is 53.4 Å². The van der Waals surface area contributed by atoms with E-state index in [4.69, 9.17) is 11.6 Å². The monoisotopic (exact) mass is 435 g/mol. The van der Waals surface area contributed by atoms with E-state index in [1.807, 2.05) is 4.90 Å². The van der Waals surface area contributed by atoms with Crippen molar-refractivity contribution in [3.8, 4) is 12.1 Å². The molecule has 2 aromatic heterocycles. The Morgan fingerprint density at radius 3 is 2.71 bits per heavy atom. The summed E-state index contributed by atoms with van der Waals surface area (Å²) in [4.78, 5) is 10.8. The highest BCUT2D eigenvalue weighted by Crippen LogP contribution is 2.32. The maximum absolute atomic E-state index is 9.53. The number of nitriles is 2. The number of halogens is 1. The van der Waals surface area contributed by atoms with Crippen LogP contribution in [-0.2, 0) is 6.54 Å². The molecule has 3 heterocycles. The SMILES string of the molecule is N#Cc1cc(CN2CC(O)C2)c(Cl)c(Nc2nc(NC3CC3)c3ncc(C#N)n3n2)c1. The molecule has 11 heteroatoms. The maximum Gasteiger partial charge on any atom is 0.247 e. The number of nitrogens with zero attached hydrogens (tertiary/aromatic N) is 7. The Bertz CT molecular complexity index is 1250. The van der Waals surface area contributed by atoms with Gasteiger partial charge in [-0.3, -0.25) is 4.90 Å². The summed E-state index contributed by atoms with van der Waals surface area (Å²) in [7, 11) is 0. The molecule has 1 saturated carbocycles. The zero-order chi connectivity index (χ0) is 21.5. The number of hydrogen-bond donors (Lipinski definition) is 3. The first-order valence-corrected chi connectivity index (χ1v) is 10.2. The third-order valence-corrected chi connectivity index (χ3v) is 5.70. The maximum atomic E-state index is 9.53. The van der Waals surface area contributed by atoms with Crippen LogP contribution in [0.4, 0.5) is 17.5 Å². The lowest BCUT2D eigenvalue weighted by atomic mass is 10.1. The molecule has 3 aromatic rings. The Morgan fingerprint density at radius 2 is 2.03 bits per heavy atom. The van der Waals surface area contributed by atoms with Gasteiger partial charge >= 0.3 is 0 Å². The highest BCUT2D eigenvalue weighted by Gasteiger charge is 2.26. The molecule has 1 aliphatic carbocycles. The molecule has 0 unspecified atom stereocenters. The topological polar surface area (TPSA) is 138 Å². The van der Waals surface area contributed by atoms with Crippen molar-refractivity contribution in [1.29, 1.82) is 10.5 Å². The summed E-state index contributed by atoms with van der Waals surface area (Å²) in [6.07, 6.45) is 3.23. The van der Waals surface area contributed by atoms with Gasteiger partial charge in [0, 0.05) is 25.7 Å². The Morgan fingerprint density at radius 1 is 1.23 bits per heavy atom. The van der Waals surface area contributed by atoms with Crippen molar-refractivity contribution < 1.29 is 5.11 Å². The number of aromatic nitrogens is 4. The Hall–Kier alpha value is -3.44. The van der Waals surface area contributed by atoms with Crippen molar-refractivity contribution in [2.24, 2.45) is 0 Å². The summed E-state index contributed by atoms with van der Waals surface area (Å²) >= 11 is 6.64. The molecule has 1 aromatic carbocycles. The molecule has 5 rings (SSSR count). The number of aliphatic hydroxyl groups excluding tert-OH is 1. The summed E-state index contributed by atoms with van der Waals surface area (Å²) in [5.41, 5.74) is 2.47. The second kappa shape index (κ2) is 7.67. The number of anilines is 3. The van der Waals surface area contributed by atoms with Gasteiger partial charge in [-0.2, -0.15) is 20.0 Å². The van der Waals surface area contributed by atoms with Crippen LogP contribution in [0.1, 0.15) is 29.7 Å². The highest BCUT2D eigenvalue weighted by molar-refractivity contribution is 6.34. The predicted octanol–water partition coefficient (Wildman–Crippen LogP) is 2.02. The number of fused-ring (bicyclic) bond motifs is 1. The molecule has 3 N–H and O–H groups in total. The second-order valence-corrected chi connectivity index (χ2v) is 8.15. The Kier molecular flexibility index (Phi) is 4.83. The molecule has 0 amide bonds. The van der Waals surface area contributed by atoms with Gasteiger partial charge in [-0.05, 0) is 30.5 Å². The van der Waals surface area contributed by atoms with Crippen LogP contribution in [0.5, 0.6) is 0 Å². The first kappa shape index (κ1) is 19.5. The highest BCUT2D eigenvalue weighted by atomic mass is 35.5. The Balaban J connectivity index is 1.51. The van der Waals surface area contributed by atoms with E-state index >= 15 is 0 Å². The number of benzene rings is 1. The van der Waals surface area contributed by atoms with Crippen molar-refractivity contribution in [2.75, 3.05) is 23.7 Å². The lowest BCUT2D eigenvalue weighted by Crippen LogP contribution is -2.49. The number of imidazole rings is 1. The van der Waals surface area contributed by atoms with Crippen LogP contribution in [0.25, 0.3) is 5.65 Å². The standard InChI is InChI=1S/C20H18ClN9O/c21-17-12(8-29-9-15(31)10-29)3-11(5-22)4-16(17)26-20-27-18(25-13-1-2-13)19-24-7-14(6-23)30(19)28-20/h3-4,7,13,15,31H,1-2,8-10H2,(H2,25,26,27,28). The minimum absolute atomic E-state index is 0.229. The molecular weight excluding hydrogens is 418 g/mol. The van der Waals surface area contributed by atoms with Gasteiger partial charge in [0.25, 0.3) is 0 Å². The van der Waals surface area contributed by atoms with Crippen LogP contribution in [0.2, 0.25) is 5.02 Å². The minimum Gasteiger partial charge on any atom is -0.390 e. The molecule has 1 aliphatic heterocycles. The van der Waals surface area contributed by atoms with Crippen molar-refractivity contribution in [2.45, 2.75) is 31.5 Å². The fourth-order valence-corrected chi connectivity index (χ4v) is 3.73. The molecular formula is C20H18ClN9O. The van der Waals surface area contributed by atoms with Crippen LogP contribution in [0.3, 0.4) is 0 Å². The number of likely N-dealkylation sites (tertiary alicyclic amines) is 1. The van der Waals surface area contributed by atoms with Gasteiger partial charge < -0.3 is 15.7 Å². The van der Waals surface area contributed by atoms with Crippen molar-refractivity contribution in [1.82, 2.24) is 24.5 Å². The summed E-state index contributed by atoms with van der Waals surface area (Å²) in [5, 5.41) is 39.6. The average molecular weight is 436 g/mol. The van der Waals surface area contributed by atoms with Crippen LogP contribution in [0, 0.1) is 22.7 Å². The molecule has 1 saturated heterocycles. The van der Waals surface area contributed by atoms with E-state index in [9.17, 15) is 15.6 Å². The van der Waals surface area contributed by atoms with Crippen LogP contribution in [0.15, 0.2) is 18.3 Å². The molecule has 0 radical (unpaired) electrons. The van der Waals surface area contributed by atoms with Crippen molar-refractivity contribution >= 4 is 34.7 Å². The second-order valence-electron chi connectivity index (χ2n) is 7.77.